The Balaban J connectivity index is 1.93. The Kier molecular flexibility index (Phi) is 7.00. The van der Waals surface area contributed by atoms with Gasteiger partial charge in [-0.3, -0.25) is 14.4 Å². The third kappa shape index (κ3) is 5.79. The monoisotopic (exact) mass is 520 g/mol. The lowest BCUT2D eigenvalue weighted by molar-refractivity contribution is -0.276. The van der Waals surface area contributed by atoms with Gasteiger partial charge in [-0.15, -0.1) is 13.2 Å². The van der Waals surface area contributed by atoms with Gasteiger partial charge >= 0.3 is 6.36 Å². The highest BCUT2D eigenvalue weighted by Crippen LogP contribution is 2.28. The van der Waals surface area contributed by atoms with Crippen LogP contribution in [-0.4, -0.2) is 52.2 Å². The summed E-state index contributed by atoms with van der Waals surface area (Å²) in [6.45, 7) is -0.954. The number of aromatic nitrogens is 4. The van der Waals surface area contributed by atoms with Crippen LogP contribution >= 0.6 is 0 Å². The number of benzene rings is 1. The van der Waals surface area contributed by atoms with Crippen molar-refractivity contribution in [1.82, 2.24) is 19.5 Å². The molecule has 0 spiro atoms. The largest absolute Gasteiger partial charge is 0.574 e. The van der Waals surface area contributed by atoms with Crippen molar-refractivity contribution in [2.75, 3.05) is 19.4 Å². The first-order chi connectivity index (χ1) is 17.6. The highest BCUT2D eigenvalue weighted by molar-refractivity contribution is 5.91. The summed E-state index contributed by atoms with van der Waals surface area (Å²) in [5.74, 6) is -1.02. The summed E-state index contributed by atoms with van der Waals surface area (Å²) in [6.07, 6.45) is -2.76. The summed E-state index contributed by atoms with van der Waals surface area (Å²) in [5.41, 5.74) is 6.72. The molecule has 0 saturated heterocycles. The SMILES string of the molecule is CN=Cc1cc(-n2cc3ncc(OCC(F)F)nc3c(-c3ccc(OC(F)(F)F)nc3)c2=O)ccc1N. The zero-order valence-corrected chi connectivity index (χ0v) is 18.9. The molecule has 37 heavy (non-hydrogen) atoms. The molecule has 0 aliphatic rings. The van der Waals surface area contributed by atoms with Crippen molar-refractivity contribution in [3.8, 4) is 28.6 Å². The third-order valence-electron chi connectivity index (χ3n) is 4.92. The van der Waals surface area contributed by atoms with E-state index >= 15 is 0 Å². The molecule has 0 fully saturated rings. The number of pyridine rings is 2. The zero-order valence-electron chi connectivity index (χ0n) is 18.9. The van der Waals surface area contributed by atoms with Gasteiger partial charge in [0, 0.05) is 54.2 Å². The molecule has 0 atom stereocenters. The smallest absolute Gasteiger partial charge is 0.470 e. The summed E-state index contributed by atoms with van der Waals surface area (Å²) >= 11 is 0. The normalized spacial score (nSPS) is 12.0. The molecule has 3 aromatic heterocycles. The standard InChI is InChI=1S/C23H17F5N6O3/c1-30-7-13-6-14(3-4-15(13)29)34-10-16-21(33-19(9-31-16)36-11-17(24)25)20(22(34)35)12-2-5-18(32-8-12)37-23(26,27)28/h2-10,17H,11,29H2,1H3. The number of halogens is 5. The molecule has 0 aliphatic heterocycles. The molecule has 9 nitrogen and oxygen atoms in total. The first kappa shape index (κ1) is 25.5. The summed E-state index contributed by atoms with van der Waals surface area (Å²) in [7, 11) is 1.55. The van der Waals surface area contributed by atoms with Crippen LogP contribution in [0.5, 0.6) is 11.8 Å². The second-order valence-corrected chi connectivity index (χ2v) is 7.46. The van der Waals surface area contributed by atoms with E-state index in [0.717, 1.165) is 18.5 Å². The molecule has 0 amide bonds. The molecule has 14 heteroatoms. The maximum atomic E-state index is 13.7. The number of nitrogens with two attached hydrogens (primary N) is 1. The number of aliphatic imine (C=N–C) groups is 1. The zero-order chi connectivity index (χ0) is 26.7. The van der Waals surface area contributed by atoms with Gasteiger partial charge in [-0.2, -0.15) is 0 Å². The molecule has 0 saturated carbocycles. The van der Waals surface area contributed by atoms with Crippen molar-refractivity contribution in [2.45, 2.75) is 12.8 Å². The number of ether oxygens (including phenoxy) is 2. The van der Waals surface area contributed by atoms with E-state index in [0.29, 0.717) is 16.9 Å². The van der Waals surface area contributed by atoms with E-state index in [1.807, 2.05) is 0 Å². The minimum absolute atomic E-state index is 0.0369. The number of alkyl halides is 5. The van der Waals surface area contributed by atoms with Crippen molar-refractivity contribution in [3.05, 3.63) is 64.8 Å². The van der Waals surface area contributed by atoms with Gasteiger partial charge in [-0.25, -0.2) is 23.7 Å². The topological polar surface area (TPSA) is 118 Å². The van der Waals surface area contributed by atoms with Gasteiger partial charge in [0.2, 0.25) is 11.8 Å². The van der Waals surface area contributed by atoms with E-state index in [1.54, 1.807) is 25.2 Å². The maximum Gasteiger partial charge on any atom is 0.574 e. The number of rotatable bonds is 7. The fourth-order valence-corrected chi connectivity index (χ4v) is 3.40. The first-order valence-corrected chi connectivity index (χ1v) is 10.4. The van der Waals surface area contributed by atoms with Gasteiger partial charge in [0.25, 0.3) is 12.0 Å². The van der Waals surface area contributed by atoms with E-state index < -0.39 is 30.8 Å². The minimum atomic E-state index is -4.96. The predicted molar refractivity (Wildman–Crippen MR) is 124 cm³/mol. The van der Waals surface area contributed by atoms with E-state index in [1.165, 1.54) is 23.0 Å². The van der Waals surface area contributed by atoms with Crippen LogP contribution in [0.25, 0.3) is 27.8 Å². The second kappa shape index (κ2) is 10.2. The van der Waals surface area contributed by atoms with Crippen LogP contribution < -0.4 is 20.8 Å². The lowest BCUT2D eigenvalue weighted by atomic mass is 10.1. The fraction of sp³-hybridized carbons (Fsp3) is 0.174. The van der Waals surface area contributed by atoms with Gasteiger partial charge in [0.1, 0.15) is 11.0 Å². The number of anilines is 1. The average Bonchev–Trinajstić information content (AvgIpc) is 2.84. The molecule has 3 heterocycles. The lowest BCUT2D eigenvalue weighted by Gasteiger charge is -2.14. The average molecular weight is 520 g/mol. The molecule has 4 rings (SSSR count). The van der Waals surface area contributed by atoms with Gasteiger partial charge < -0.3 is 15.2 Å². The quantitative estimate of drug-likeness (QED) is 0.222. The summed E-state index contributed by atoms with van der Waals surface area (Å²) in [5, 5.41) is 0. The van der Waals surface area contributed by atoms with Crippen LogP contribution in [0.2, 0.25) is 0 Å². The summed E-state index contributed by atoms with van der Waals surface area (Å²) in [4.78, 5) is 29.5. The van der Waals surface area contributed by atoms with Crippen molar-refractivity contribution < 1.29 is 31.4 Å². The molecule has 0 aliphatic carbocycles. The number of nitrogens with zero attached hydrogens (tertiary/aromatic N) is 5. The number of nitrogen functional groups attached to an aromatic ring is 1. The van der Waals surface area contributed by atoms with Crippen LogP contribution in [0.15, 0.2) is 58.7 Å². The maximum absolute atomic E-state index is 13.7. The van der Waals surface area contributed by atoms with Crippen molar-refractivity contribution in [1.29, 1.82) is 0 Å². The lowest BCUT2D eigenvalue weighted by Crippen LogP contribution is -2.21. The van der Waals surface area contributed by atoms with Crippen LogP contribution in [0, 0.1) is 0 Å². The fourth-order valence-electron chi connectivity index (χ4n) is 3.40. The molecule has 0 unspecified atom stereocenters. The second-order valence-electron chi connectivity index (χ2n) is 7.46. The summed E-state index contributed by atoms with van der Waals surface area (Å²) < 4.78 is 72.8. The van der Waals surface area contributed by atoms with E-state index in [-0.39, 0.29) is 28.0 Å². The van der Waals surface area contributed by atoms with Crippen molar-refractivity contribution >= 4 is 22.9 Å². The molecule has 192 valence electrons. The Bertz CT molecular complexity index is 1520. The van der Waals surface area contributed by atoms with Crippen LogP contribution in [0.3, 0.4) is 0 Å². The Labute approximate surface area is 205 Å². The number of fused-ring (bicyclic) bond motifs is 1. The number of hydrogen-bond acceptors (Lipinski definition) is 8. The molecular formula is C23H17F5N6O3. The molecule has 4 aromatic rings. The third-order valence-corrected chi connectivity index (χ3v) is 4.92. The van der Waals surface area contributed by atoms with Gasteiger partial charge in [0.15, 0.2) is 6.61 Å². The van der Waals surface area contributed by atoms with Crippen LogP contribution in [0.1, 0.15) is 5.56 Å². The Morgan fingerprint density at radius 3 is 2.57 bits per heavy atom. The molecular weight excluding hydrogens is 503 g/mol. The molecule has 0 radical (unpaired) electrons. The Morgan fingerprint density at radius 1 is 1.14 bits per heavy atom. The van der Waals surface area contributed by atoms with Crippen LogP contribution in [-0.2, 0) is 0 Å². The molecule has 1 aromatic carbocycles. The molecule has 2 N–H and O–H groups in total. The highest BCUT2D eigenvalue weighted by atomic mass is 19.4. The van der Waals surface area contributed by atoms with Crippen LogP contribution in [0.4, 0.5) is 27.6 Å². The van der Waals surface area contributed by atoms with Crippen molar-refractivity contribution in [3.63, 3.8) is 0 Å². The highest BCUT2D eigenvalue weighted by Gasteiger charge is 2.31. The predicted octanol–water partition coefficient (Wildman–Crippen LogP) is 4.02. The number of hydrogen-bond donors (Lipinski definition) is 1. The minimum Gasteiger partial charge on any atom is -0.470 e. The Hall–Kier alpha value is -4.62. The first-order valence-electron chi connectivity index (χ1n) is 10.4. The van der Waals surface area contributed by atoms with Gasteiger partial charge in [-0.1, -0.05) is 0 Å². The van der Waals surface area contributed by atoms with Crippen molar-refractivity contribution in [2.24, 2.45) is 4.99 Å². The van der Waals surface area contributed by atoms with E-state index in [2.05, 4.69) is 24.7 Å². The van der Waals surface area contributed by atoms with Gasteiger partial charge in [-0.05, 0) is 24.3 Å². The van der Waals surface area contributed by atoms with E-state index in [9.17, 15) is 26.7 Å². The van der Waals surface area contributed by atoms with Gasteiger partial charge in [0.05, 0.1) is 11.8 Å². The Morgan fingerprint density at radius 2 is 1.92 bits per heavy atom. The van der Waals surface area contributed by atoms with E-state index in [4.69, 9.17) is 10.5 Å². The molecule has 0 bridgehead atoms. The summed E-state index contributed by atoms with van der Waals surface area (Å²) in [6, 6.07) is 6.85.